The second-order valence-electron chi connectivity index (χ2n) is 3.00. The summed E-state index contributed by atoms with van der Waals surface area (Å²) in [6.07, 6.45) is 3.20. The number of rotatable bonds is 1. The summed E-state index contributed by atoms with van der Waals surface area (Å²) < 4.78 is 6.40. The average molecular weight is 261 g/mol. The maximum Gasteiger partial charge on any atom is 0.126 e. The van der Waals surface area contributed by atoms with Crippen molar-refractivity contribution in [3.8, 4) is 0 Å². The highest BCUT2D eigenvalue weighted by atomic mass is 79.9. The molecule has 0 unspecified atom stereocenters. The average Bonchev–Trinajstić information content (AvgIpc) is 2.62. The van der Waals surface area contributed by atoms with Gasteiger partial charge in [0.2, 0.25) is 0 Å². The van der Waals surface area contributed by atoms with Crippen molar-refractivity contribution in [1.29, 1.82) is 0 Å². The molecule has 0 aliphatic carbocycles. The van der Waals surface area contributed by atoms with Crippen LogP contribution in [0.15, 0.2) is 22.7 Å². The Kier molecular flexibility index (Phi) is 2.92. The molecule has 1 fully saturated rings. The zero-order valence-corrected chi connectivity index (χ0v) is 9.36. The van der Waals surface area contributed by atoms with E-state index < -0.39 is 0 Å². The van der Waals surface area contributed by atoms with E-state index in [0.29, 0.717) is 0 Å². The molecule has 0 spiro atoms. The van der Waals surface area contributed by atoms with Gasteiger partial charge in [0.25, 0.3) is 0 Å². The molecular weight excluding hydrogens is 251 g/mol. The molecule has 69 valence electrons. The van der Waals surface area contributed by atoms with E-state index in [-0.39, 0.29) is 0 Å². The molecule has 0 amide bonds. The van der Waals surface area contributed by atoms with Gasteiger partial charge in [0.05, 0.1) is 5.02 Å². The van der Waals surface area contributed by atoms with Crippen molar-refractivity contribution >= 4 is 27.5 Å². The van der Waals surface area contributed by atoms with Crippen molar-refractivity contribution in [2.24, 2.45) is 0 Å². The molecule has 0 atom stereocenters. The highest BCUT2D eigenvalue weighted by Gasteiger charge is 2.19. The van der Waals surface area contributed by atoms with E-state index in [1.807, 2.05) is 18.2 Å². The Morgan fingerprint density at radius 2 is 2.23 bits per heavy atom. The van der Waals surface area contributed by atoms with Gasteiger partial charge < -0.3 is 4.74 Å². The van der Waals surface area contributed by atoms with Crippen molar-refractivity contribution in [1.82, 2.24) is 0 Å². The van der Waals surface area contributed by atoms with Gasteiger partial charge in [-0.3, -0.25) is 0 Å². The first-order valence-electron chi connectivity index (χ1n) is 4.21. The second kappa shape index (κ2) is 3.99. The molecule has 0 bridgehead atoms. The summed E-state index contributed by atoms with van der Waals surface area (Å²) >= 11 is 9.33. The molecule has 0 saturated carbocycles. The zero-order valence-electron chi connectivity index (χ0n) is 7.02. The van der Waals surface area contributed by atoms with Crippen LogP contribution in [-0.2, 0) is 4.74 Å². The summed E-state index contributed by atoms with van der Waals surface area (Å²) in [6.45, 7) is 0.836. The topological polar surface area (TPSA) is 9.23 Å². The number of halogens is 2. The molecule has 1 aromatic carbocycles. The van der Waals surface area contributed by atoms with E-state index in [1.54, 1.807) is 0 Å². The van der Waals surface area contributed by atoms with Gasteiger partial charge >= 0.3 is 0 Å². The fourth-order valence-corrected chi connectivity index (χ4v) is 1.82. The summed E-state index contributed by atoms with van der Waals surface area (Å²) in [6, 6.07) is 5.91. The van der Waals surface area contributed by atoms with Gasteiger partial charge in [0.15, 0.2) is 0 Å². The number of hydrogen-bond donors (Lipinski definition) is 0. The van der Waals surface area contributed by atoms with E-state index in [2.05, 4.69) is 15.9 Å². The first kappa shape index (κ1) is 9.50. The number of benzene rings is 1. The van der Waals surface area contributed by atoms with Gasteiger partial charge in [-0.15, -0.1) is 0 Å². The Bertz CT molecular complexity index is 308. The fraction of sp³-hybridized carbons (Fsp3) is 0.300. The van der Waals surface area contributed by atoms with E-state index in [9.17, 15) is 0 Å². The molecule has 1 radical (unpaired) electrons. The van der Waals surface area contributed by atoms with E-state index >= 15 is 0 Å². The third kappa shape index (κ3) is 2.06. The molecule has 0 aromatic heterocycles. The lowest BCUT2D eigenvalue weighted by Gasteiger charge is -2.08. The standard InChI is InChI=1S/C10H9BrClO/c11-8-4-3-7(6-9(8)12)10-2-1-5-13-10/h3-4,6H,1-2,5H2. The number of hydrogen-bond acceptors (Lipinski definition) is 1. The summed E-state index contributed by atoms with van der Waals surface area (Å²) in [5.41, 5.74) is 1.10. The molecule has 3 heteroatoms. The van der Waals surface area contributed by atoms with Crippen LogP contribution >= 0.6 is 27.5 Å². The van der Waals surface area contributed by atoms with Crippen LogP contribution < -0.4 is 0 Å². The van der Waals surface area contributed by atoms with Gasteiger partial charge in [-0.1, -0.05) is 17.7 Å². The summed E-state index contributed by atoms with van der Waals surface area (Å²) in [5, 5.41) is 0.737. The molecule has 2 rings (SSSR count). The van der Waals surface area contributed by atoms with E-state index in [0.717, 1.165) is 40.6 Å². The molecule has 13 heavy (non-hydrogen) atoms. The Balaban J connectivity index is 2.25. The van der Waals surface area contributed by atoms with Crippen molar-refractivity contribution in [3.05, 3.63) is 39.4 Å². The van der Waals surface area contributed by atoms with Crippen LogP contribution in [0.5, 0.6) is 0 Å². The monoisotopic (exact) mass is 259 g/mol. The van der Waals surface area contributed by atoms with E-state index in [4.69, 9.17) is 16.3 Å². The quantitative estimate of drug-likeness (QED) is 0.746. The van der Waals surface area contributed by atoms with Crippen LogP contribution in [0.25, 0.3) is 0 Å². The third-order valence-electron chi connectivity index (χ3n) is 2.07. The molecule has 0 N–H and O–H groups in total. The van der Waals surface area contributed by atoms with Crippen molar-refractivity contribution in [3.63, 3.8) is 0 Å². The SMILES string of the molecule is Clc1cc([C]2CCCO2)ccc1Br. The summed E-state index contributed by atoms with van der Waals surface area (Å²) in [7, 11) is 0. The van der Waals surface area contributed by atoms with Crippen LogP contribution in [0.2, 0.25) is 5.02 Å². The summed E-state index contributed by atoms with van der Waals surface area (Å²) in [5.74, 6) is 0. The Morgan fingerprint density at radius 3 is 2.85 bits per heavy atom. The first-order chi connectivity index (χ1) is 6.27. The fourth-order valence-electron chi connectivity index (χ4n) is 1.40. The van der Waals surface area contributed by atoms with Gasteiger partial charge in [-0.2, -0.15) is 0 Å². The van der Waals surface area contributed by atoms with Crippen LogP contribution in [0, 0.1) is 6.10 Å². The molecule has 1 aliphatic heterocycles. The zero-order chi connectivity index (χ0) is 9.26. The van der Waals surface area contributed by atoms with Gasteiger partial charge in [-0.05, 0) is 46.5 Å². The normalized spacial score (nSPS) is 18.0. The number of ether oxygens (including phenoxy) is 1. The van der Waals surface area contributed by atoms with Crippen LogP contribution in [0.3, 0.4) is 0 Å². The lowest BCUT2D eigenvalue weighted by molar-refractivity contribution is 0.216. The van der Waals surface area contributed by atoms with Gasteiger partial charge in [0.1, 0.15) is 6.10 Å². The van der Waals surface area contributed by atoms with Crippen LogP contribution in [-0.4, -0.2) is 6.61 Å². The summed E-state index contributed by atoms with van der Waals surface area (Å²) in [4.78, 5) is 0. The second-order valence-corrected chi connectivity index (χ2v) is 4.27. The minimum absolute atomic E-state index is 0.737. The first-order valence-corrected chi connectivity index (χ1v) is 5.38. The molecule has 1 aromatic rings. The Morgan fingerprint density at radius 1 is 1.38 bits per heavy atom. The molecule has 1 nitrogen and oxygen atoms in total. The maximum absolute atomic E-state index is 5.98. The highest BCUT2D eigenvalue weighted by Crippen LogP contribution is 2.31. The van der Waals surface area contributed by atoms with Crippen molar-refractivity contribution in [2.75, 3.05) is 6.61 Å². The smallest absolute Gasteiger partial charge is 0.126 e. The third-order valence-corrected chi connectivity index (χ3v) is 3.30. The van der Waals surface area contributed by atoms with Gasteiger partial charge in [-0.25, -0.2) is 0 Å². The van der Waals surface area contributed by atoms with Gasteiger partial charge in [0, 0.05) is 11.1 Å². The van der Waals surface area contributed by atoms with Crippen molar-refractivity contribution < 1.29 is 4.74 Å². The molecule has 1 saturated heterocycles. The molecular formula is C10H9BrClO. The highest BCUT2D eigenvalue weighted by molar-refractivity contribution is 9.10. The minimum atomic E-state index is 0.737. The van der Waals surface area contributed by atoms with Crippen molar-refractivity contribution in [2.45, 2.75) is 12.8 Å². The minimum Gasteiger partial charge on any atom is -0.367 e. The lowest BCUT2D eigenvalue weighted by atomic mass is 10.1. The molecule has 1 aliphatic rings. The van der Waals surface area contributed by atoms with Crippen LogP contribution in [0.1, 0.15) is 18.4 Å². The predicted molar refractivity (Wildman–Crippen MR) is 56.7 cm³/mol. The predicted octanol–water partition coefficient (Wildman–Crippen LogP) is 3.79. The molecule has 1 heterocycles. The van der Waals surface area contributed by atoms with Crippen LogP contribution in [0.4, 0.5) is 0 Å². The Labute approximate surface area is 91.2 Å². The lowest BCUT2D eigenvalue weighted by Crippen LogP contribution is -1.96. The maximum atomic E-state index is 5.98. The van der Waals surface area contributed by atoms with E-state index in [1.165, 1.54) is 0 Å². The largest absolute Gasteiger partial charge is 0.367 e. The Hall–Kier alpha value is -0.0500.